The van der Waals surface area contributed by atoms with Gasteiger partial charge < -0.3 is 15.3 Å². The quantitative estimate of drug-likeness (QED) is 0.857. The number of aliphatic carboxylic acids is 1. The van der Waals surface area contributed by atoms with Crippen LogP contribution in [0.4, 0.5) is 11.5 Å². The maximum Gasteiger partial charge on any atom is 0.310 e. The zero-order valence-corrected chi connectivity index (χ0v) is 14.6. The molecule has 2 N–H and O–H groups in total. The van der Waals surface area contributed by atoms with Crippen molar-refractivity contribution < 1.29 is 14.7 Å². The van der Waals surface area contributed by atoms with E-state index in [2.05, 4.69) is 20.2 Å². The smallest absolute Gasteiger partial charge is 0.310 e. The molecule has 0 aliphatic carbocycles. The highest BCUT2D eigenvalue weighted by molar-refractivity contribution is 5.92. The largest absolute Gasteiger partial charge is 0.481 e. The van der Waals surface area contributed by atoms with E-state index < -0.39 is 11.9 Å². The van der Waals surface area contributed by atoms with E-state index in [0.717, 1.165) is 31.7 Å². The van der Waals surface area contributed by atoms with E-state index in [1.54, 1.807) is 49.8 Å². The molecular weight excluding hydrogens is 332 g/mol. The van der Waals surface area contributed by atoms with Crippen LogP contribution in [0.15, 0.2) is 42.9 Å². The van der Waals surface area contributed by atoms with Crippen molar-refractivity contribution in [2.75, 3.05) is 23.3 Å². The summed E-state index contributed by atoms with van der Waals surface area (Å²) in [6.45, 7) is 3.18. The predicted octanol–water partition coefficient (Wildman–Crippen LogP) is 2.52. The van der Waals surface area contributed by atoms with Crippen LogP contribution >= 0.6 is 0 Å². The summed E-state index contributed by atoms with van der Waals surface area (Å²) in [6, 6.07) is 6.98. The van der Waals surface area contributed by atoms with Gasteiger partial charge in [-0.1, -0.05) is 12.1 Å². The van der Waals surface area contributed by atoms with Crippen molar-refractivity contribution in [2.45, 2.75) is 25.7 Å². The Morgan fingerprint density at radius 1 is 1.19 bits per heavy atom. The van der Waals surface area contributed by atoms with E-state index in [-0.39, 0.29) is 11.8 Å². The number of benzene rings is 1. The number of nitrogens with zero attached hydrogens (tertiary/aromatic N) is 3. The van der Waals surface area contributed by atoms with E-state index in [1.807, 2.05) is 0 Å². The second kappa shape index (κ2) is 7.95. The van der Waals surface area contributed by atoms with Gasteiger partial charge in [0.25, 0.3) is 0 Å². The number of carbonyl (C=O) groups is 2. The van der Waals surface area contributed by atoms with Gasteiger partial charge in [-0.05, 0) is 37.5 Å². The van der Waals surface area contributed by atoms with Gasteiger partial charge in [-0.3, -0.25) is 14.6 Å². The summed E-state index contributed by atoms with van der Waals surface area (Å²) >= 11 is 0. The van der Waals surface area contributed by atoms with E-state index >= 15 is 0 Å². The zero-order chi connectivity index (χ0) is 18.5. The van der Waals surface area contributed by atoms with Crippen LogP contribution in [-0.4, -0.2) is 40.0 Å². The third-order valence-corrected chi connectivity index (χ3v) is 4.79. The standard InChI is InChI=1S/C19H22N4O3/c1-13(19(25)26)14-2-4-16(5-3-14)22-18(24)15-6-10-23(11-7-15)17-12-20-8-9-21-17/h2-5,8-9,12-13,15H,6-7,10-11H2,1H3,(H,22,24)(H,25,26). The molecule has 2 heterocycles. The number of aromatic nitrogens is 2. The summed E-state index contributed by atoms with van der Waals surface area (Å²) in [7, 11) is 0. The van der Waals surface area contributed by atoms with Gasteiger partial charge in [0.05, 0.1) is 12.1 Å². The van der Waals surface area contributed by atoms with Crippen molar-refractivity contribution in [3.05, 3.63) is 48.4 Å². The first kappa shape index (κ1) is 17.8. The number of carboxylic acids is 1. The average molecular weight is 354 g/mol. The van der Waals surface area contributed by atoms with Crippen LogP contribution in [0.2, 0.25) is 0 Å². The van der Waals surface area contributed by atoms with Crippen LogP contribution in [0.1, 0.15) is 31.2 Å². The van der Waals surface area contributed by atoms with Gasteiger partial charge in [-0.15, -0.1) is 0 Å². The fraction of sp³-hybridized carbons (Fsp3) is 0.368. The minimum absolute atomic E-state index is 0.00262. The van der Waals surface area contributed by atoms with Gasteiger partial charge in [0.1, 0.15) is 5.82 Å². The number of hydrogen-bond donors (Lipinski definition) is 2. The number of anilines is 2. The number of rotatable bonds is 5. The molecule has 7 nitrogen and oxygen atoms in total. The van der Waals surface area contributed by atoms with Gasteiger partial charge >= 0.3 is 5.97 Å². The van der Waals surface area contributed by atoms with Crippen molar-refractivity contribution in [3.8, 4) is 0 Å². The van der Waals surface area contributed by atoms with Crippen LogP contribution in [0.25, 0.3) is 0 Å². The van der Waals surface area contributed by atoms with Gasteiger partial charge in [0.2, 0.25) is 5.91 Å². The van der Waals surface area contributed by atoms with Crippen molar-refractivity contribution in [1.82, 2.24) is 9.97 Å². The number of nitrogens with one attached hydrogen (secondary N) is 1. The molecule has 0 bridgehead atoms. The molecule has 1 fully saturated rings. The normalized spacial score (nSPS) is 16.1. The fourth-order valence-electron chi connectivity index (χ4n) is 3.07. The molecule has 26 heavy (non-hydrogen) atoms. The summed E-state index contributed by atoms with van der Waals surface area (Å²) in [5.41, 5.74) is 1.40. The Hall–Kier alpha value is -2.96. The molecule has 0 radical (unpaired) electrons. The third-order valence-electron chi connectivity index (χ3n) is 4.79. The Balaban J connectivity index is 1.54. The zero-order valence-electron chi connectivity index (χ0n) is 14.6. The number of piperidine rings is 1. The molecule has 1 aliphatic rings. The number of amides is 1. The molecule has 2 aromatic rings. The Bertz CT molecular complexity index is 756. The Morgan fingerprint density at radius 3 is 2.46 bits per heavy atom. The lowest BCUT2D eigenvalue weighted by molar-refractivity contribution is -0.138. The summed E-state index contributed by atoms with van der Waals surface area (Å²) in [4.78, 5) is 34.0. The monoisotopic (exact) mass is 354 g/mol. The van der Waals surface area contributed by atoms with Crippen molar-refractivity contribution in [2.24, 2.45) is 5.92 Å². The molecule has 1 unspecified atom stereocenters. The molecule has 7 heteroatoms. The Labute approximate surface area is 152 Å². The Kier molecular flexibility index (Phi) is 5.46. The molecule has 136 valence electrons. The van der Waals surface area contributed by atoms with E-state index in [0.29, 0.717) is 11.3 Å². The summed E-state index contributed by atoms with van der Waals surface area (Å²) in [5.74, 6) is -0.625. The first-order valence-electron chi connectivity index (χ1n) is 8.69. The third kappa shape index (κ3) is 4.17. The second-order valence-corrected chi connectivity index (χ2v) is 6.50. The van der Waals surface area contributed by atoms with Crippen LogP contribution in [0.5, 0.6) is 0 Å². The number of hydrogen-bond acceptors (Lipinski definition) is 5. The second-order valence-electron chi connectivity index (χ2n) is 6.50. The highest BCUT2D eigenvalue weighted by Crippen LogP contribution is 2.23. The average Bonchev–Trinajstić information content (AvgIpc) is 2.68. The van der Waals surface area contributed by atoms with Crippen molar-refractivity contribution in [3.63, 3.8) is 0 Å². The topological polar surface area (TPSA) is 95.4 Å². The van der Waals surface area contributed by atoms with E-state index in [4.69, 9.17) is 5.11 Å². The highest BCUT2D eigenvalue weighted by atomic mass is 16.4. The lowest BCUT2D eigenvalue weighted by Crippen LogP contribution is -2.38. The maximum atomic E-state index is 12.5. The molecule has 1 aliphatic heterocycles. The first-order chi connectivity index (χ1) is 12.5. The van der Waals surface area contributed by atoms with E-state index in [9.17, 15) is 9.59 Å². The molecule has 3 rings (SSSR count). The highest BCUT2D eigenvalue weighted by Gasteiger charge is 2.25. The maximum absolute atomic E-state index is 12.5. The Morgan fingerprint density at radius 2 is 1.88 bits per heavy atom. The van der Waals surface area contributed by atoms with Gasteiger partial charge in [0, 0.05) is 37.1 Å². The van der Waals surface area contributed by atoms with Crippen molar-refractivity contribution >= 4 is 23.4 Å². The van der Waals surface area contributed by atoms with Crippen LogP contribution in [0.3, 0.4) is 0 Å². The molecule has 1 saturated heterocycles. The van der Waals surface area contributed by atoms with Crippen LogP contribution in [0, 0.1) is 5.92 Å². The van der Waals surface area contributed by atoms with Crippen LogP contribution < -0.4 is 10.2 Å². The molecule has 0 saturated carbocycles. The van der Waals surface area contributed by atoms with Gasteiger partial charge in [-0.25, -0.2) is 4.98 Å². The minimum atomic E-state index is -0.864. The van der Waals surface area contributed by atoms with Crippen molar-refractivity contribution in [1.29, 1.82) is 0 Å². The molecule has 1 aromatic heterocycles. The summed E-state index contributed by atoms with van der Waals surface area (Å²) in [5, 5.41) is 12.0. The molecular formula is C19H22N4O3. The summed E-state index contributed by atoms with van der Waals surface area (Å²) in [6.07, 6.45) is 6.57. The van der Waals surface area contributed by atoms with E-state index in [1.165, 1.54) is 0 Å². The molecule has 1 amide bonds. The van der Waals surface area contributed by atoms with Crippen LogP contribution in [-0.2, 0) is 9.59 Å². The number of carboxylic acid groups (broad SMARTS) is 1. The van der Waals surface area contributed by atoms with Gasteiger partial charge in [0.15, 0.2) is 0 Å². The number of carbonyl (C=O) groups excluding carboxylic acids is 1. The minimum Gasteiger partial charge on any atom is -0.481 e. The summed E-state index contributed by atoms with van der Waals surface area (Å²) < 4.78 is 0. The molecule has 1 atom stereocenters. The van der Waals surface area contributed by atoms with Gasteiger partial charge in [-0.2, -0.15) is 0 Å². The lowest BCUT2D eigenvalue weighted by atomic mass is 9.95. The molecule has 1 aromatic carbocycles. The molecule has 0 spiro atoms. The SMILES string of the molecule is CC(C(=O)O)c1ccc(NC(=O)C2CCN(c3cnccn3)CC2)cc1. The fourth-order valence-corrected chi connectivity index (χ4v) is 3.07. The first-order valence-corrected chi connectivity index (χ1v) is 8.69. The predicted molar refractivity (Wildman–Crippen MR) is 98.1 cm³/mol. The lowest BCUT2D eigenvalue weighted by Gasteiger charge is -2.31.